The van der Waals surface area contributed by atoms with E-state index in [1.165, 1.54) is 164 Å². The molecule has 16 rings (SSSR count). The molecule has 2 bridgehead atoms. The first-order valence-electron chi connectivity index (χ1n) is 45.4. The maximum atomic E-state index is 12.9. The van der Waals surface area contributed by atoms with Crippen molar-refractivity contribution in [2.24, 2.45) is 5.92 Å². The van der Waals surface area contributed by atoms with Crippen LogP contribution in [-0.2, 0) is 68.0 Å². The summed E-state index contributed by atoms with van der Waals surface area (Å²) in [4.78, 5) is 170. The minimum Gasteiger partial charge on any atom is -0.477 e. The molecule has 150 heavy (non-hydrogen) atoms. The van der Waals surface area contributed by atoms with Gasteiger partial charge in [0.25, 0.3) is 39.3 Å². The minimum absolute atomic E-state index is 0.00189. The zero-order chi connectivity index (χ0) is 109. The van der Waals surface area contributed by atoms with Gasteiger partial charge in [-0.1, -0.05) is 6.92 Å². The molecule has 4 aliphatic rings. The van der Waals surface area contributed by atoms with E-state index in [9.17, 15) is 119 Å². The molecule has 12 aromatic heterocycles. The summed E-state index contributed by atoms with van der Waals surface area (Å²) in [5, 5.41) is 40.7. The summed E-state index contributed by atoms with van der Waals surface area (Å²) in [6.07, 6.45) is 3.17. The van der Waals surface area contributed by atoms with Crippen LogP contribution in [-0.4, -0.2) is 231 Å². The van der Waals surface area contributed by atoms with Gasteiger partial charge in [0.1, 0.15) is 45.1 Å². The molecule has 1 aliphatic heterocycles. The van der Waals surface area contributed by atoms with Gasteiger partial charge >= 0.3 is 38.2 Å². The third kappa shape index (κ3) is 36.4. The van der Waals surface area contributed by atoms with Crippen LogP contribution in [0, 0.1) is 5.92 Å². The highest BCUT2D eigenvalue weighted by molar-refractivity contribution is 5.79. The number of carbonyl (C=O) groups excluding carboxylic acids is 6. The molecule has 6 N–H and O–H groups in total. The molecule has 3 saturated carbocycles. The van der Waals surface area contributed by atoms with E-state index in [-0.39, 0.29) is 134 Å². The van der Waals surface area contributed by atoms with Crippen LogP contribution < -0.4 is 93.8 Å². The van der Waals surface area contributed by atoms with E-state index in [2.05, 4.69) is 116 Å². The average Bonchev–Trinajstić information content (AvgIpc) is 0.720. The SMILES string of the molecule is CCC(C)NC(=O)Cn1nc(-c2ccc(OC(F)F)nc2)ccc1=O.CCNC(=O)Cn1nc(-c2ccc(N3CC(F)(F)C3)nc2)ccc1=O.CCNC(=O)Cn1nc(-c2ccc(OC(F)F)nc2)ccc1=O.CCNC(=O)Cn1nc(-c2ccc(OCCC(F)(F)F)nc2)ccc1=O.CCNC(=O)Cn1nc(-c2cnc(OCC(F)(F)F)nc2)ccc1=O.O=C(Cn1nc(-c2ccc(OC(F)F)nc2)ccc1=O)NC12CC(C1)C2. The number of amides is 6. The van der Waals surface area contributed by atoms with Gasteiger partial charge in [0.05, 0.1) is 60.3 Å². The number of rotatable bonds is 37. The zero-order valence-corrected chi connectivity index (χ0v) is 80.2. The van der Waals surface area contributed by atoms with Gasteiger partial charge in [-0.3, -0.25) is 57.5 Å². The normalized spacial score (nSPS) is 14.0. The summed E-state index contributed by atoms with van der Waals surface area (Å²) in [5.74, 6) is -3.98. The second-order valence-electron chi connectivity index (χ2n) is 32.4. The van der Waals surface area contributed by atoms with Crippen LogP contribution in [0.4, 0.5) is 67.3 Å². The van der Waals surface area contributed by atoms with Crippen LogP contribution in [0.1, 0.15) is 73.6 Å². The molecule has 12 aromatic rings. The fraction of sp³-hybridized carbons (Fsp3) is 0.366. The number of hydrogen-bond donors (Lipinski definition) is 6. The molecular formula is C93H96F14N26O17. The van der Waals surface area contributed by atoms with Crippen LogP contribution in [0.25, 0.3) is 67.5 Å². The first kappa shape index (κ1) is 115. The molecule has 4 fully saturated rings. The van der Waals surface area contributed by atoms with Crippen molar-refractivity contribution >= 4 is 41.3 Å². The molecule has 0 radical (unpaired) electrons. The van der Waals surface area contributed by atoms with Crippen molar-refractivity contribution in [3.05, 3.63) is 239 Å². The number of carbonyl (C=O) groups is 6. The summed E-state index contributed by atoms with van der Waals surface area (Å²) < 4.78 is 199. The van der Waals surface area contributed by atoms with Crippen molar-refractivity contribution in [1.82, 2.24) is 125 Å². The fourth-order valence-corrected chi connectivity index (χ4v) is 13.5. The number of halogens is 14. The quantitative estimate of drug-likeness (QED) is 0.0201. The maximum absolute atomic E-state index is 12.9. The molecule has 13 heterocycles. The summed E-state index contributed by atoms with van der Waals surface area (Å²) in [5.41, 5.74) is 2.72. The standard InChI is InChI=1S/C17H16F2N4O3.C16H17F3N4O3.C16H17F2N5O2.C16H18F2N4O3.C14H14F3N5O3.C14H14F2N4O3/c18-16(19)26-14-3-1-11(8-20-14)12-2-4-15(25)23(22-12)9-13(24)21-17-5-10(6-17)7-17;1-2-20-13(24)10-23-15(25)6-4-12(22-23)11-3-5-14(21-9-11)26-8-7-16(17,18)19;1-2-19-14(24)8-23-15(25)6-4-12(21-23)11-3-5-13(20-7-11)22-9-16(17,18)10-22;1-3-10(2)20-13(23)9-22-15(24)7-5-12(21-22)11-4-6-14(19-8-11)25-16(17)18;1-2-18-11(23)7-22-12(24)4-3-10(21-22)9-5-19-13(20-6-9)25-8-14(15,16)17;1-2-17-11(21)8-20-13(22)6-4-10(19-20)9-3-5-12(18-7-9)23-14(15)16/h1-4,8,10,16H,5-7,9H2,(H,21,24);3-6,9H,2,7-8,10H2,1H3,(H,20,24);3-7H,2,8-10H2,1H3,(H,19,24);4-8,10,16H,3,9H2,1-2H3,(H,20,23);3-6H,2,7-8H2,1H3,(H,18,23);3-7,14H,2,8H2,1H3,(H,17,21). The second-order valence-corrected chi connectivity index (χ2v) is 32.4. The van der Waals surface area contributed by atoms with E-state index in [1.54, 1.807) is 45.9 Å². The highest BCUT2D eigenvalue weighted by atomic mass is 19.4. The lowest BCUT2D eigenvalue weighted by Gasteiger charge is -2.61. The molecule has 0 aromatic carbocycles. The van der Waals surface area contributed by atoms with Crippen LogP contribution >= 0.6 is 0 Å². The number of aromatic nitrogens is 19. The zero-order valence-electron chi connectivity index (χ0n) is 80.2. The van der Waals surface area contributed by atoms with Crippen molar-refractivity contribution in [1.29, 1.82) is 0 Å². The maximum Gasteiger partial charge on any atom is 0.422 e. The Bertz CT molecular complexity index is 6920. The van der Waals surface area contributed by atoms with Gasteiger partial charge in [-0.25, -0.2) is 71.8 Å². The molecule has 57 heteroatoms. The van der Waals surface area contributed by atoms with E-state index < -0.39 is 91.6 Å². The van der Waals surface area contributed by atoms with Crippen LogP contribution in [0.5, 0.6) is 29.5 Å². The van der Waals surface area contributed by atoms with Gasteiger partial charge in [0.2, 0.25) is 59.0 Å². The predicted octanol–water partition coefficient (Wildman–Crippen LogP) is 7.89. The minimum atomic E-state index is -4.49. The molecule has 1 saturated heterocycles. The van der Waals surface area contributed by atoms with Gasteiger partial charge in [0.15, 0.2) is 6.61 Å². The molecule has 1 unspecified atom stereocenters. The van der Waals surface area contributed by atoms with E-state index >= 15 is 0 Å². The van der Waals surface area contributed by atoms with Crippen LogP contribution in [0.3, 0.4) is 0 Å². The lowest BCUT2D eigenvalue weighted by molar-refractivity contribution is -0.154. The Balaban J connectivity index is 0.000000184. The van der Waals surface area contributed by atoms with Crippen LogP contribution in [0.15, 0.2) is 206 Å². The van der Waals surface area contributed by atoms with Gasteiger partial charge in [-0.15, -0.1) is 0 Å². The monoisotopic (exact) mass is 2110 g/mol. The number of nitrogens with zero attached hydrogens (tertiary/aromatic N) is 20. The molecule has 3 aliphatic carbocycles. The molecule has 6 amide bonds. The lowest BCUT2D eigenvalue weighted by atomic mass is 9.50. The number of hydrogen-bond acceptors (Lipinski definition) is 31. The van der Waals surface area contributed by atoms with Gasteiger partial charge in [-0.05, 0) is 139 Å². The number of alkyl halides is 14. The van der Waals surface area contributed by atoms with Crippen molar-refractivity contribution in [2.45, 2.75) is 163 Å². The third-order valence-electron chi connectivity index (χ3n) is 20.8. The number of ether oxygens (including phenoxy) is 5. The van der Waals surface area contributed by atoms with E-state index in [4.69, 9.17) is 4.74 Å². The van der Waals surface area contributed by atoms with Crippen molar-refractivity contribution < 1.29 is 114 Å². The first-order valence-corrected chi connectivity index (χ1v) is 45.4. The molecule has 798 valence electrons. The smallest absolute Gasteiger partial charge is 0.422 e. The molecular weight excluding hydrogens is 2020 g/mol. The summed E-state index contributed by atoms with van der Waals surface area (Å²) >= 11 is 0. The number of likely N-dealkylation sites (N-methyl/N-ethyl adjacent to an activating group) is 4. The summed E-state index contributed by atoms with van der Waals surface area (Å²) in [6.45, 7) is -0.178. The number of pyridine rings is 5. The largest absolute Gasteiger partial charge is 0.477 e. The topological polar surface area (TPSA) is 524 Å². The number of nitrogens with one attached hydrogen (secondary N) is 6. The Hall–Kier alpha value is -17.3. The summed E-state index contributed by atoms with van der Waals surface area (Å²) in [7, 11) is 0. The van der Waals surface area contributed by atoms with Crippen LogP contribution in [0.2, 0.25) is 0 Å². The Labute approximate surface area is 839 Å². The predicted molar refractivity (Wildman–Crippen MR) is 504 cm³/mol. The van der Waals surface area contributed by atoms with E-state index in [0.29, 0.717) is 93.8 Å². The third-order valence-corrected chi connectivity index (χ3v) is 20.8. The van der Waals surface area contributed by atoms with Gasteiger partial charge in [0, 0.05) is 175 Å². The Morgan fingerprint density at radius 2 is 0.660 bits per heavy atom. The van der Waals surface area contributed by atoms with Crippen molar-refractivity contribution in [2.75, 3.05) is 57.4 Å². The Morgan fingerprint density at radius 1 is 0.367 bits per heavy atom. The summed E-state index contributed by atoms with van der Waals surface area (Å²) in [6, 6.07) is 30.6. The molecule has 43 nitrogen and oxygen atoms in total. The number of anilines is 1. The fourth-order valence-electron chi connectivity index (χ4n) is 13.5. The Morgan fingerprint density at radius 3 is 0.920 bits per heavy atom. The highest BCUT2D eigenvalue weighted by Crippen LogP contribution is 2.57. The van der Waals surface area contributed by atoms with Crippen molar-refractivity contribution in [3.8, 4) is 97.1 Å². The first-order chi connectivity index (χ1) is 71.2. The highest BCUT2D eigenvalue weighted by Gasteiger charge is 2.57. The average molecular weight is 2120 g/mol. The van der Waals surface area contributed by atoms with Gasteiger partial charge < -0.3 is 60.5 Å². The van der Waals surface area contributed by atoms with Crippen molar-refractivity contribution in [3.63, 3.8) is 0 Å². The van der Waals surface area contributed by atoms with Gasteiger partial charge in [-0.2, -0.15) is 83.3 Å². The lowest BCUT2D eigenvalue weighted by Crippen LogP contribution is -2.68. The van der Waals surface area contributed by atoms with E-state index in [0.717, 1.165) is 59.7 Å². The second kappa shape index (κ2) is 53.7. The Kier molecular flexibility index (Phi) is 41.1. The molecule has 1 atom stereocenters. The molecule has 0 spiro atoms. The van der Waals surface area contributed by atoms with E-state index in [1.807, 2.05) is 13.8 Å².